The largest absolute Gasteiger partial charge is 0.394 e. The van der Waals surface area contributed by atoms with E-state index in [0.717, 1.165) is 12.8 Å². The van der Waals surface area contributed by atoms with Crippen LogP contribution < -0.4 is 0 Å². The lowest BCUT2D eigenvalue weighted by Gasteiger charge is -2.07. The Labute approximate surface area is 58.4 Å². The summed E-state index contributed by atoms with van der Waals surface area (Å²) in [4.78, 5) is 0. The van der Waals surface area contributed by atoms with Crippen molar-refractivity contribution in [1.29, 1.82) is 0 Å². The van der Waals surface area contributed by atoms with Crippen molar-refractivity contribution in [2.24, 2.45) is 0 Å². The van der Waals surface area contributed by atoms with Crippen molar-refractivity contribution < 1.29 is 9.84 Å². The molecule has 0 aromatic heterocycles. The van der Waals surface area contributed by atoms with E-state index in [2.05, 4.69) is 9.12 Å². The topological polar surface area (TPSA) is 29.5 Å². The molecule has 1 saturated heterocycles. The van der Waals surface area contributed by atoms with Gasteiger partial charge in [0.2, 0.25) is 0 Å². The molecule has 1 radical (unpaired) electrons. The summed E-state index contributed by atoms with van der Waals surface area (Å²) in [6.45, 7) is 2.12. The summed E-state index contributed by atoms with van der Waals surface area (Å²) in [6, 6.07) is 0.257. The van der Waals surface area contributed by atoms with Crippen LogP contribution >= 0.6 is 9.12 Å². The predicted octanol–water partition coefficient (Wildman–Crippen LogP) is -0.0219. The maximum Gasteiger partial charge on any atom is 0.177 e. The zero-order valence-electron chi connectivity index (χ0n) is 5.29. The van der Waals surface area contributed by atoms with E-state index in [-0.39, 0.29) is 18.7 Å². The van der Waals surface area contributed by atoms with Gasteiger partial charge in [-0.15, -0.1) is 0 Å². The molecule has 2 nitrogen and oxygen atoms in total. The summed E-state index contributed by atoms with van der Waals surface area (Å²) in [5.41, 5.74) is 0. The molecular formula is C5H11BO2P. The number of rotatable bonds is 2. The molecule has 0 saturated carbocycles. The Hall–Kier alpha value is 0.415. The molecule has 0 aliphatic carbocycles. The average molecular weight is 145 g/mol. The van der Waals surface area contributed by atoms with Gasteiger partial charge in [-0.2, -0.15) is 9.12 Å². The first-order chi connectivity index (χ1) is 4.36. The Balaban J connectivity index is 2.20. The van der Waals surface area contributed by atoms with Crippen molar-refractivity contribution >= 4 is 16.1 Å². The van der Waals surface area contributed by atoms with E-state index in [9.17, 15) is 0 Å². The number of aliphatic hydroxyl groups is 1. The molecule has 0 spiro atoms. The van der Waals surface area contributed by atoms with Crippen molar-refractivity contribution in [1.82, 2.24) is 0 Å². The zero-order valence-corrected chi connectivity index (χ0v) is 6.44. The van der Waals surface area contributed by atoms with E-state index in [0.29, 0.717) is 0 Å². The van der Waals surface area contributed by atoms with Crippen molar-refractivity contribution in [3.05, 3.63) is 0 Å². The van der Waals surface area contributed by atoms with Crippen molar-refractivity contribution in [3.63, 3.8) is 0 Å². The van der Waals surface area contributed by atoms with Crippen LogP contribution in [0, 0.1) is 0 Å². The fraction of sp³-hybridized carbons (Fsp3) is 1.00. The first kappa shape index (κ1) is 7.52. The van der Waals surface area contributed by atoms with Gasteiger partial charge in [0.1, 0.15) is 0 Å². The van der Waals surface area contributed by atoms with Crippen molar-refractivity contribution in [3.8, 4) is 0 Å². The van der Waals surface area contributed by atoms with Gasteiger partial charge < -0.3 is 9.84 Å². The second-order valence-electron chi connectivity index (χ2n) is 2.25. The Morgan fingerprint density at radius 1 is 1.67 bits per heavy atom. The fourth-order valence-electron chi connectivity index (χ4n) is 1.01. The molecule has 1 aliphatic heterocycles. The van der Waals surface area contributed by atoms with Crippen LogP contribution in [0.1, 0.15) is 12.8 Å². The van der Waals surface area contributed by atoms with Crippen LogP contribution in [0.2, 0.25) is 0 Å². The standard InChI is InChI=1S/C5H11BO2P/c7-3-4-1-2-5(6-9)8-4/h4-5,7H,1-3,9H2/t4-,5+/m0/s1. The van der Waals surface area contributed by atoms with E-state index < -0.39 is 0 Å². The van der Waals surface area contributed by atoms with Gasteiger partial charge in [0, 0.05) is 6.00 Å². The molecule has 0 amide bonds. The Bertz CT molecular complexity index is 81.0. The molecule has 1 fully saturated rings. The fourth-order valence-corrected chi connectivity index (χ4v) is 1.29. The number of hydrogen-bond donors (Lipinski definition) is 1. The van der Waals surface area contributed by atoms with Gasteiger partial charge >= 0.3 is 0 Å². The Morgan fingerprint density at radius 2 is 2.44 bits per heavy atom. The highest BCUT2D eigenvalue weighted by molar-refractivity contribution is 7.55. The third-order valence-corrected chi connectivity index (χ3v) is 1.99. The van der Waals surface area contributed by atoms with Crippen LogP contribution in [0.15, 0.2) is 0 Å². The average Bonchev–Trinajstić information content (AvgIpc) is 2.34. The van der Waals surface area contributed by atoms with Gasteiger partial charge in [0.05, 0.1) is 12.7 Å². The lowest BCUT2D eigenvalue weighted by atomic mass is 9.95. The van der Waals surface area contributed by atoms with E-state index in [1.54, 1.807) is 0 Å². The number of hydrogen-bond acceptors (Lipinski definition) is 2. The summed E-state index contributed by atoms with van der Waals surface area (Å²) in [5, 5.41) is 8.63. The lowest BCUT2D eigenvalue weighted by molar-refractivity contribution is 0.0428. The minimum atomic E-state index is 0.0896. The Kier molecular flexibility index (Phi) is 2.97. The van der Waals surface area contributed by atoms with Crippen LogP contribution in [-0.2, 0) is 4.74 Å². The van der Waals surface area contributed by atoms with E-state index in [1.165, 1.54) is 0 Å². The normalized spacial score (nSPS) is 34.9. The third kappa shape index (κ3) is 1.92. The highest BCUT2D eigenvalue weighted by Gasteiger charge is 2.22. The van der Waals surface area contributed by atoms with Gasteiger partial charge in [0.25, 0.3) is 0 Å². The molecule has 0 aromatic carbocycles. The second-order valence-corrected chi connectivity index (χ2v) is 2.63. The summed E-state index contributed by atoms with van der Waals surface area (Å²) in [5.74, 6) is 0. The smallest absolute Gasteiger partial charge is 0.177 e. The summed E-state index contributed by atoms with van der Waals surface area (Å²) in [6.07, 6.45) is 2.13. The highest BCUT2D eigenvalue weighted by atomic mass is 31.0. The lowest BCUT2D eigenvalue weighted by Crippen LogP contribution is -2.16. The van der Waals surface area contributed by atoms with Crippen LogP contribution in [-0.4, -0.2) is 30.8 Å². The first-order valence-corrected chi connectivity index (χ1v) is 3.85. The minimum Gasteiger partial charge on any atom is -0.394 e. The number of aliphatic hydroxyl groups excluding tert-OH is 1. The summed E-state index contributed by atoms with van der Waals surface area (Å²) in [7, 11) is 2.53. The Morgan fingerprint density at radius 3 is 2.78 bits per heavy atom. The highest BCUT2D eigenvalue weighted by Crippen LogP contribution is 2.18. The van der Waals surface area contributed by atoms with Crippen molar-refractivity contribution in [2.45, 2.75) is 24.9 Å². The molecule has 1 N–H and O–H groups in total. The minimum absolute atomic E-state index is 0.0896. The van der Waals surface area contributed by atoms with Crippen LogP contribution in [0.5, 0.6) is 0 Å². The molecule has 1 rings (SSSR count). The first-order valence-electron chi connectivity index (χ1n) is 3.18. The molecule has 0 bridgehead atoms. The predicted molar refractivity (Wildman–Crippen MR) is 40.4 cm³/mol. The molecule has 1 unspecified atom stereocenters. The molecule has 4 heteroatoms. The van der Waals surface area contributed by atoms with Gasteiger partial charge in [-0.3, -0.25) is 0 Å². The van der Waals surface area contributed by atoms with Gasteiger partial charge in [-0.25, -0.2) is 0 Å². The van der Waals surface area contributed by atoms with E-state index in [4.69, 9.17) is 9.84 Å². The monoisotopic (exact) mass is 145 g/mol. The maximum atomic E-state index is 8.63. The van der Waals surface area contributed by atoms with Gasteiger partial charge in [-0.1, -0.05) is 0 Å². The van der Waals surface area contributed by atoms with Gasteiger partial charge in [-0.05, 0) is 12.8 Å². The SMILES string of the molecule is OC[C@@H]1CC[C@H]([B]P)O1. The molecular weight excluding hydrogens is 134 g/mol. The molecule has 1 aliphatic rings. The molecule has 0 aromatic rings. The van der Waals surface area contributed by atoms with E-state index in [1.807, 2.05) is 7.00 Å². The van der Waals surface area contributed by atoms with Crippen LogP contribution in [0.25, 0.3) is 0 Å². The second kappa shape index (κ2) is 3.55. The van der Waals surface area contributed by atoms with E-state index >= 15 is 0 Å². The van der Waals surface area contributed by atoms with Gasteiger partial charge in [0.15, 0.2) is 7.00 Å². The quantitative estimate of drug-likeness (QED) is 0.437. The maximum absolute atomic E-state index is 8.63. The number of ether oxygens (including phenoxy) is 1. The zero-order chi connectivity index (χ0) is 6.69. The van der Waals surface area contributed by atoms with Crippen LogP contribution in [0.4, 0.5) is 0 Å². The third-order valence-electron chi connectivity index (χ3n) is 1.56. The van der Waals surface area contributed by atoms with Crippen molar-refractivity contribution in [2.75, 3.05) is 6.61 Å². The summed E-state index contributed by atoms with van der Waals surface area (Å²) >= 11 is 0. The molecule has 3 atom stereocenters. The summed E-state index contributed by atoms with van der Waals surface area (Å²) < 4.78 is 5.33. The molecule has 1 heterocycles. The van der Waals surface area contributed by atoms with Crippen LogP contribution in [0.3, 0.4) is 0 Å². The molecule has 51 valence electrons. The molecule has 9 heavy (non-hydrogen) atoms.